The van der Waals surface area contributed by atoms with Crippen molar-refractivity contribution < 1.29 is 76.1 Å². The van der Waals surface area contributed by atoms with Gasteiger partial charge in [-0.3, -0.25) is 28.8 Å². The Bertz CT molecular complexity index is 919. The second-order valence-corrected chi connectivity index (χ2v) is 9.58. The van der Waals surface area contributed by atoms with E-state index in [1.807, 2.05) is 0 Å². The van der Waals surface area contributed by atoms with Gasteiger partial charge in [-0.2, -0.15) is 0 Å². The van der Waals surface area contributed by atoms with E-state index in [1.165, 1.54) is 14.2 Å². The van der Waals surface area contributed by atoms with Crippen LogP contribution in [-0.2, 0) is 76.1 Å². The van der Waals surface area contributed by atoms with Crippen LogP contribution in [0.25, 0.3) is 0 Å². The van der Waals surface area contributed by atoms with Crippen molar-refractivity contribution in [2.24, 2.45) is 0 Å². The van der Waals surface area contributed by atoms with Gasteiger partial charge in [0, 0.05) is 55.8 Å². The lowest BCUT2D eigenvalue weighted by Gasteiger charge is -2.46. The van der Waals surface area contributed by atoms with E-state index in [1.54, 1.807) is 0 Å². The predicted molar refractivity (Wildman–Crippen MR) is 134 cm³/mol. The Balaban J connectivity index is 2.45. The number of methoxy groups -OCH3 is 2. The summed E-state index contributed by atoms with van der Waals surface area (Å²) in [7, 11) is 2.55. The van der Waals surface area contributed by atoms with Crippen LogP contribution in [0.1, 0.15) is 54.4 Å². The molecule has 0 aliphatic carbocycles. The quantitative estimate of drug-likeness (QED) is 0.227. The number of rotatable bonds is 11. The number of carbonyl (C=O) groups is 6. The van der Waals surface area contributed by atoms with Crippen molar-refractivity contribution in [1.29, 1.82) is 0 Å². The van der Waals surface area contributed by atoms with Crippen molar-refractivity contribution >= 4 is 35.8 Å². The Kier molecular flexibility index (Phi) is 13.1. The monoisotopic (exact) mass is 606 g/mol. The fraction of sp³-hybridized carbons (Fsp3) is 0.769. The van der Waals surface area contributed by atoms with Gasteiger partial charge in [0.25, 0.3) is 0 Å². The van der Waals surface area contributed by atoms with Gasteiger partial charge in [0.1, 0.15) is 12.2 Å². The molecule has 2 saturated heterocycles. The van der Waals surface area contributed by atoms with Gasteiger partial charge >= 0.3 is 35.8 Å². The second kappa shape index (κ2) is 15.8. The third kappa shape index (κ3) is 9.61. The molecule has 0 aromatic heterocycles. The molecule has 2 aliphatic heterocycles. The fourth-order valence-electron chi connectivity index (χ4n) is 4.88. The summed E-state index contributed by atoms with van der Waals surface area (Å²) in [4.78, 5) is 71.7. The maximum atomic E-state index is 12.1. The van der Waals surface area contributed by atoms with Crippen LogP contribution in [-0.4, -0.2) is 111 Å². The highest BCUT2D eigenvalue weighted by Gasteiger charge is 2.54. The molecule has 2 rings (SSSR count). The molecule has 0 saturated carbocycles. The smallest absolute Gasteiger partial charge is 0.303 e. The Labute approximate surface area is 242 Å². The SMILES string of the molecule is CO[C@H]1O[C@H](CC[C@@H]2O[C@H](OC)[C@H](OC(C)=O)[C@@H](OC(C)=O)[C@@H]2OC(C)=O)[C@@H](OC(C)=O)[C@H](OC(C)=O)[C@@H]1OC(C)=O. The molecule has 0 amide bonds. The van der Waals surface area contributed by atoms with Crippen LogP contribution in [0.4, 0.5) is 0 Å². The summed E-state index contributed by atoms with van der Waals surface area (Å²) in [6, 6.07) is 0. The van der Waals surface area contributed by atoms with Crippen molar-refractivity contribution in [2.75, 3.05) is 14.2 Å². The zero-order chi connectivity index (χ0) is 31.7. The van der Waals surface area contributed by atoms with Crippen LogP contribution in [0, 0.1) is 0 Å². The summed E-state index contributed by atoms with van der Waals surface area (Å²) < 4.78 is 55.0. The van der Waals surface area contributed by atoms with E-state index < -0.39 is 97.2 Å². The molecule has 0 radical (unpaired) electrons. The third-order valence-electron chi connectivity index (χ3n) is 6.19. The van der Waals surface area contributed by atoms with Crippen molar-refractivity contribution in [3.05, 3.63) is 0 Å². The van der Waals surface area contributed by atoms with Crippen molar-refractivity contribution in [3.63, 3.8) is 0 Å². The lowest BCUT2D eigenvalue weighted by atomic mass is 9.90. The molecule has 10 atom stereocenters. The first-order valence-electron chi connectivity index (χ1n) is 13.1. The normalized spacial score (nSPS) is 32.6. The van der Waals surface area contributed by atoms with Gasteiger partial charge in [-0.05, 0) is 12.8 Å². The molecule has 0 unspecified atom stereocenters. The molecule has 0 spiro atoms. The topological polar surface area (TPSA) is 195 Å². The minimum absolute atomic E-state index is 0.00769. The summed E-state index contributed by atoms with van der Waals surface area (Å²) in [5.74, 6) is -4.45. The molecule has 16 nitrogen and oxygen atoms in total. The number of esters is 6. The Morgan fingerprint density at radius 3 is 0.905 bits per heavy atom. The third-order valence-corrected chi connectivity index (χ3v) is 6.19. The van der Waals surface area contributed by atoms with Crippen molar-refractivity contribution in [2.45, 2.75) is 116 Å². The zero-order valence-corrected chi connectivity index (χ0v) is 24.7. The Morgan fingerprint density at radius 1 is 0.429 bits per heavy atom. The average molecular weight is 607 g/mol. The molecule has 0 aromatic rings. The highest BCUT2D eigenvalue weighted by Crippen LogP contribution is 2.35. The van der Waals surface area contributed by atoms with Gasteiger partial charge in [0.15, 0.2) is 49.2 Å². The van der Waals surface area contributed by atoms with E-state index >= 15 is 0 Å². The summed E-state index contributed by atoms with van der Waals surface area (Å²) in [5, 5.41) is 0. The first-order valence-corrected chi connectivity index (χ1v) is 13.1. The van der Waals surface area contributed by atoms with Crippen LogP contribution in [0.15, 0.2) is 0 Å². The molecule has 0 aromatic carbocycles. The van der Waals surface area contributed by atoms with E-state index in [2.05, 4.69) is 0 Å². The van der Waals surface area contributed by atoms with Gasteiger partial charge in [0.2, 0.25) is 0 Å². The average Bonchev–Trinajstić information content (AvgIpc) is 2.86. The van der Waals surface area contributed by atoms with E-state index in [0.29, 0.717) is 0 Å². The first kappa shape index (κ1) is 34.9. The molecular formula is C26H38O16. The highest BCUT2D eigenvalue weighted by molar-refractivity contribution is 5.69. The minimum atomic E-state index is -1.32. The van der Waals surface area contributed by atoms with Crippen molar-refractivity contribution in [3.8, 4) is 0 Å². The van der Waals surface area contributed by atoms with Crippen LogP contribution in [0.5, 0.6) is 0 Å². The number of hydrogen-bond acceptors (Lipinski definition) is 16. The number of hydrogen-bond donors (Lipinski definition) is 0. The molecule has 2 heterocycles. The van der Waals surface area contributed by atoms with Crippen LogP contribution in [0.2, 0.25) is 0 Å². The predicted octanol–water partition coefficient (Wildman–Crippen LogP) is 0.0994. The maximum absolute atomic E-state index is 12.1. The zero-order valence-electron chi connectivity index (χ0n) is 24.7. The molecule has 2 fully saturated rings. The fourth-order valence-corrected chi connectivity index (χ4v) is 4.88. The summed E-state index contributed by atoms with van der Waals surface area (Å²) in [6.07, 6.45) is -12.3. The molecule has 0 bridgehead atoms. The summed E-state index contributed by atoms with van der Waals surface area (Å²) in [6.45, 7) is 6.79. The Morgan fingerprint density at radius 2 is 0.667 bits per heavy atom. The van der Waals surface area contributed by atoms with Gasteiger partial charge in [0.05, 0.1) is 0 Å². The lowest BCUT2D eigenvalue weighted by molar-refractivity contribution is -0.308. The van der Waals surface area contributed by atoms with Crippen LogP contribution in [0.3, 0.4) is 0 Å². The first-order chi connectivity index (χ1) is 19.7. The van der Waals surface area contributed by atoms with Gasteiger partial charge in [-0.25, -0.2) is 0 Å². The number of ether oxygens (including phenoxy) is 10. The lowest BCUT2D eigenvalue weighted by Crippen LogP contribution is -2.63. The Hall–Kier alpha value is -3.34. The molecule has 2 aliphatic rings. The molecule has 16 heteroatoms. The van der Waals surface area contributed by atoms with Crippen LogP contribution < -0.4 is 0 Å². The van der Waals surface area contributed by atoms with Gasteiger partial charge < -0.3 is 47.4 Å². The second-order valence-electron chi connectivity index (χ2n) is 9.58. The number of carbonyl (C=O) groups excluding carboxylic acids is 6. The van der Waals surface area contributed by atoms with E-state index in [0.717, 1.165) is 41.5 Å². The molecular weight excluding hydrogens is 568 g/mol. The van der Waals surface area contributed by atoms with E-state index in [4.69, 9.17) is 47.4 Å². The van der Waals surface area contributed by atoms with E-state index in [9.17, 15) is 28.8 Å². The molecule has 238 valence electrons. The van der Waals surface area contributed by atoms with Crippen LogP contribution >= 0.6 is 0 Å². The molecule has 0 N–H and O–H groups in total. The minimum Gasteiger partial charge on any atom is -0.456 e. The summed E-state index contributed by atoms with van der Waals surface area (Å²) in [5.41, 5.74) is 0. The standard InChI is InChI=1S/C26H38O16/c1-11(27)35-19-17(41-25(33-7)23(39-15(5)31)21(19)37-13(3)29)9-10-18-20(36-12(2)28)22(38-14(4)30)24(40-16(6)32)26(34-8)42-18/h17-26H,9-10H2,1-8H3/t17-,18+,19-,20-,21+,22+,23+,24-,25+,26+/m1/s1. The largest absolute Gasteiger partial charge is 0.456 e. The van der Waals surface area contributed by atoms with E-state index in [-0.39, 0.29) is 12.8 Å². The van der Waals surface area contributed by atoms with Crippen molar-refractivity contribution in [1.82, 2.24) is 0 Å². The maximum Gasteiger partial charge on any atom is 0.303 e. The summed E-state index contributed by atoms with van der Waals surface area (Å²) >= 11 is 0. The van der Waals surface area contributed by atoms with Gasteiger partial charge in [-0.1, -0.05) is 0 Å². The highest BCUT2D eigenvalue weighted by atomic mass is 16.7. The van der Waals surface area contributed by atoms with Gasteiger partial charge in [-0.15, -0.1) is 0 Å². The molecule has 42 heavy (non-hydrogen) atoms.